The number of rotatable bonds is 6. The number of carbonyl (C=O) groups excluding carboxylic acids is 1. The molecule has 0 radical (unpaired) electrons. The average molecular weight is 291 g/mol. The smallest absolute Gasteiger partial charge is 0.320 e. The van der Waals surface area contributed by atoms with Crippen molar-refractivity contribution in [1.29, 1.82) is 0 Å². The SMILES string of the molecule is CN(CC(=O)OCc1ccccc1)C1CCC(CO)CC1. The van der Waals surface area contributed by atoms with Crippen LogP contribution in [0.1, 0.15) is 31.2 Å². The number of carbonyl (C=O) groups is 1. The van der Waals surface area contributed by atoms with Crippen LogP contribution in [-0.2, 0) is 16.1 Å². The van der Waals surface area contributed by atoms with Crippen molar-refractivity contribution in [2.75, 3.05) is 20.2 Å². The molecular weight excluding hydrogens is 266 g/mol. The zero-order chi connectivity index (χ0) is 15.1. The molecule has 116 valence electrons. The summed E-state index contributed by atoms with van der Waals surface area (Å²) in [6.07, 6.45) is 4.19. The van der Waals surface area contributed by atoms with E-state index in [-0.39, 0.29) is 12.6 Å². The maximum absolute atomic E-state index is 11.9. The van der Waals surface area contributed by atoms with Gasteiger partial charge in [0.15, 0.2) is 0 Å². The van der Waals surface area contributed by atoms with Crippen LogP contribution in [0.4, 0.5) is 0 Å². The van der Waals surface area contributed by atoms with Gasteiger partial charge in [0.05, 0.1) is 6.54 Å². The molecule has 1 aromatic carbocycles. The zero-order valence-corrected chi connectivity index (χ0v) is 12.7. The number of hydrogen-bond donors (Lipinski definition) is 1. The molecule has 21 heavy (non-hydrogen) atoms. The standard InChI is InChI=1S/C17H25NO3/c1-18(16-9-7-14(12-19)8-10-16)11-17(20)21-13-15-5-3-2-4-6-15/h2-6,14,16,19H,7-13H2,1H3. The summed E-state index contributed by atoms with van der Waals surface area (Å²) < 4.78 is 5.31. The fraction of sp³-hybridized carbons (Fsp3) is 0.588. The van der Waals surface area contributed by atoms with Crippen LogP contribution in [0.5, 0.6) is 0 Å². The number of likely N-dealkylation sites (N-methyl/N-ethyl adjacent to an activating group) is 1. The van der Waals surface area contributed by atoms with Gasteiger partial charge in [-0.25, -0.2) is 0 Å². The van der Waals surface area contributed by atoms with Crippen LogP contribution in [0.25, 0.3) is 0 Å². The number of aliphatic hydroxyl groups excluding tert-OH is 1. The lowest BCUT2D eigenvalue weighted by Crippen LogP contribution is -2.39. The number of benzene rings is 1. The zero-order valence-electron chi connectivity index (χ0n) is 12.7. The third-order valence-corrected chi connectivity index (χ3v) is 4.32. The number of esters is 1. The highest BCUT2D eigenvalue weighted by molar-refractivity contribution is 5.71. The van der Waals surface area contributed by atoms with E-state index in [2.05, 4.69) is 4.90 Å². The lowest BCUT2D eigenvalue weighted by atomic mass is 9.86. The van der Waals surface area contributed by atoms with Crippen LogP contribution in [0.2, 0.25) is 0 Å². The largest absolute Gasteiger partial charge is 0.460 e. The quantitative estimate of drug-likeness (QED) is 0.817. The summed E-state index contributed by atoms with van der Waals surface area (Å²) in [7, 11) is 1.98. The molecule has 0 aliphatic heterocycles. The van der Waals surface area contributed by atoms with E-state index < -0.39 is 0 Å². The Hall–Kier alpha value is -1.39. The second-order valence-electron chi connectivity index (χ2n) is 5.92. The number of hydrogen-bond acceptors (Lipinski definition) is 4. The Labute approximate surface area is 126 Å². The first-order valence-corrected chi connectivity index (χ1v) is 7.69. The third-order valence-electron chi connectivity index (χ3n) is 4.32. The van der Waals surface area contributed by atoms with Crippen LogP contribution in [-0.4, -0.2) is 42.2 Å². The molecule has 1 saturated carbocycles. The topological polar surface area (TPSA) is 49.8 Å². The Morgan fingerprint density at radius 2 is 1.90 bits per heavy atom. The van der Waals surface area contributed by atoms with E-state index in [0.717, 1.165) is 31.2 Å². The molecule has 1 N–H and O–H groups in total. The van der Waals surface area contributed by atoms with Crippen LogP contribution in [0, 0.1) is 5.92 Å². The minimum atomic E-state index is -0.175. The van der Waals surface area contributed by atoms with Crippen molar-refractivity contribution in [2.24, 2.45) is 5.92 Å². The van der Waals surface area contributed by atoms with Gasteiger partial charge in [-0.2, -0.15) is 0 Å². The molecule has 1 fully saturated rings. The molecule has 4 nitrogen and oxygen atoms in total. The molecule has 4 heteroatoms. The van der Waals surface area contributed by atoms with E-state index >= 15 is 0 Å². The fourth-order valence-corrected chi connectivity index (χ4v) is 2.88. The van der Waals surface area contributed by atoms with Crippen molar-refractivity contribution >= 4 is 5.97 Å². The molecule has 0 unspecified atom stereocenters. The predicted octanol–water partition coefficient (Wildman–Crippen LogP) is 2.21. The van der Waals surface area contributed by atoms with Gasteiger partial charge in [0.2, 0.25) is 0 Å². The first-order chi connectivity index (χ1) is 10.2. The molecule has 0 aromatic heterocycles. The Morgan fingerprint density at radius 1 is 1.24 bits per heavy atom. The minimum absolute atomic E-state index is 0.175. The van der Waals surface area contributed by atoms with Gasteiger partial charge in [-0.15, -0.1) is 0 Å². The van der Waals surface area contributed by atoms with Crippen molar-refractivity contribution in [2.45, 2.75) is 38.3 Å². The van der Waals surface area contributed by atoms with E-state index in [1.54, 1.807) is 0 Å². The van der Waals surface area contributed by atoms with Gasteiger partial charge in [-0.3, -0.25) is 9.69 Å². The van der Waals surface area contributed by atoms with Gasteiger partial charge in [0.1, 0.15) is 6.61 Å². The molecule has 1 aromatic rings. The summed E-state index contributed by atoms with van der Waals surface area (Å²) in [5.41, 5.74) is 1.01. The maximum atomic E-state index is 11.9. The lowest BCUT2D eigenvalue weighted by molar-refractivity contribution is -0.146. The lowest BCUT2D eigenvalue weighted by Gasteiger charge is -2.33. The molecule has 0 bridgehead atoms. The summed E-state index contributed by atoms with van der Waals surface area (Å²) in [6, 6.07) is 10.2. The molecule has 0 atom stereocenters. The van der Waals surface area contributed by atoms with Crippen molar-refractivity contribution in [3.05, 3.63) is 35.9 Å². The van der Waals surface area contributed by atoms with Crippen LogP contribution < -0.4 is 0 Å². The predicted molar refractivity (Wildman–Crippen MR) is 81.7 cm³/mol. The van der Waals surface area contributed by atoms with Crippen molar-refractivity contribution < 1.29 is 14.6 Å². The molecule has 0 spiro atoms. The van der Waals surface area contributed by atoms with E-state index in [0.29, 0.717) is 25.1 Å². The van der Waals surface area contributed by atoms with E-state index in [9.17, 15) is 4.79 Å². The first kappa shape index (κ1) is 16.0. The molecule has 0 saturated heterocycles. The Bertz CT molecular complexity index is 427. The summed E-state index contributed by atoms with van der Waals surface area (Å²) in [5, 5.41) is 9.15. The molecule has 0 amide bonds. The van der Waals surface area contributed by atoms with Gasteiger partial charge in [0, 0.05) is 12.6 Å². The van der Waals surface area contributed by atoms with Crippen LogP contribution in [0.3, 0.4) is 0 Å². The van der Waals surface area contributed by atoms with E-state index in [4.69, 9.17) is 9.84 Å². The van der Waals surface area contributed by atoms with Crippen molar-refractivity contribution in [3.8, 4) is 0 Å². The highest BCUT2D eigenvalue weighted by atomic mass is 16.5. The second kappa shape index (κ2) is 8.15. The van der Waals surface area contributed by atoms with Crippen molar-refractivity contribution in [1.82, 2.24) is 4.90 Å². The monoisotopic (exact) mass is 291 g/mol. The van der Waals surface area contributed by atoms with E-state index in [1.165, 1.54) is 0 Å². The number of nitrogens with zero attached hydrogens (tertiary/aromatic N) is 1. The van der Waals surface area contributed by atoms with Gasteiger partial charge >= 0.3 is 5.97 Å². The molecule has 1 aliphatic carbocycles. The highest BCUT2D eigenvalue weighted by Crippen LogP contribution is 2.26. The van der Waals surface area contributed by atoms with Crippen LogP contribution >= 0.6 is 0 Å². The van der Waals surface area contributed by atoms with Gasteiger partial charge in [0.25, 0.3) is 0 Å². The average Bonchev–Trinajstić information content (AvgIpc) is 2.54. The van der Waals surface area contributed by atoms with Gasteiger partial charge in [-0.1, -0.05) is 30.3 Å². The fourth-order valence-electron chi connectivity index (χ4n) is 2.88. The normalized spacial score (nSPS) is 22.2. The Morgan fingerprint density at radius 3 is 2.52 bits per heavy atom. The van der Waals surface area contributed by atoms with Crippen molar-refractivity contribution in [3.63, 3.8) is 0 Å². The molecule has 1 aliphatic rings. The van der Waals surface area contributed by atoms with E-state index in [1.807, 2.05) is 37.4 Å². The summed E-state index contributed by atoms with van der Waals surface area (Å²) in [5.74, 6) is 0.269. The third kappa shape index (κ3) is 5.14. The molecular formula is C17H25NO3. The first-order valence-electron chi connectivity index (χ1n) is 7.69. The highest BCUT2D eigenvalue weighted by Gasteiger charge is 2.24. The Kier molecular flexibility index (Phi) is 6.21. The summed E-state index contributed by atoms with van der Waals surface area (Å²) in [6.45, 7) is 0.960. The Balaban J connectivity index is 1.70. The molecule has 0 heterocycles. The van der Waals surface area contributed by atoms with Crippen LogP contribution in [0.15, 0.2) is 30.3 Å². The maximum Gasteiger partial charge on any atom is 0.320 e. The van der Waals surface area contributed by atoms with Gasteiger partial charge < -0.3 is 9.84 Å². The van der Waals surface area contributed by atoms with Gasteiger partial charge in [-0.05, 0) is 44.2 Å². The second-order valence-corrected chi connectivity index (χ2v) is 5.92. The minimum Gasteiger partial charge on any atom is -0.460 e. The summed E-state index contributed by atoms with van der Waals surface area (Å²) in [4.78, 5) is 14.0. The molecule has 2 rings (SSSR count). The summed E-state index contributed by atoms with van der Waals surface area (Å²) >= 11 is 0. The number of ether oxygens (including phenoxy) is 1. The number of aliphatic hydroxyl groups is 1.